The van der Waals surface area contributed by atoms with Gasteiger partial charge in [0.2, 0.25) is 0 Å². The predicted molar refractivity (Wildman–Crippen MR) is 58.4 cm³/mol. The van der Waals surface area contributed by atoms with Gasteiger partial charge >= 0.3 is 95.0 Å². The van der Waals surface area contributed by atoms with E-state index in [4.69, 9.17) is 4.51 Å². The summed E-state index contributed by atoms with van der Waals surface area (Å²) < 4.78 is 9.47. The third-order valence-corrected chi connectivity index (χ3v) is 12.5. The predicted octanol–water partition coefficient (Wildman–Crippen LogP) is 3.92. The number of halogens is 1. The molecule has 0 aliphatic carbocycles. The summed E-state index contributed by atoms with van der Waals surface area (Å²) in [6.45, 7) is 12.9. The summed E-state index contributed by atoms with van der Waals surface area (Å²) in [5.74, 6) is 0. The Morgan fingerprint density at radius 3 is 1.25 bits per heavy atom. The second-order valence-electron chi connectivity index (χ2n) is 4.83. The molecule has 0 aromatic heterocycles. The van der Waals surface area contributed by atoms with Crippen molar-refractivity contribution < 1.29 is 21.1 Å². The first kappa shape index (κ1) is 13.4. The van der Waals surface area contributed by atoms with Gasteiger partial charge in [0, 0.05) is 0 Å². The number of rotatable bonds is 0. The van der Waals surface area contributed by atoms with Crippen molar-refractivity contribution in [2.75, 3.05) is 0 Å². The molecule has 0 spiro atoms. The van der Waals surface area contributed by atoms with Gasteiger partial charge in [0.05, 0.1) is 0 Å². The Morgan fingerprint density at radius 2 is 1.08 bits per heavy atom. The van der Waals surface area contributed by atoms with Crippen LogP contribution in [0.15, 0.2) is 4.51 Å². The molecule has 0 fully saturated rings. The third kappa shape index (κ3) is 9.47. The van der Waals surface area contributed by atoms with Crippen LogP contribution >= 0.6 is 16.8 Å². The molecule has 71 valence electrons. The molecule has 0 heterocycles. The van der Waals surface area contributed by atoms with Crippen LogP contribution in [0.4, 0.5) is 0 Å². The molecule has 0 aromatic carbocycles. The maximum absolute atomic E-state index is 4.74. The first-order chi connectivity index (χ1) is 5.10. The van der Waals surface area contributed by atoms with Crippen LogP contribution in [0.25, 0.3) is 0 Å². The zero-order valence-electron chi connectivity index (χ0n) is 8.77. The van der Waals surface area contributed by atoms with Crippen molar-refractivity contribution in [3.63, 3.8) is 0 Å². The molecule has 0 saturated carbocycles. The topological polar surface area (TPSA) is 24.7 Å². The average molecular weight is 507 g/mol. The molecule has 0 atom stereocenters. The molecule has 0 amide bonds. The molecule has 0 aliphatic heterocycles. The number of hydrogen-bond donors (Lipinski definition) is 0. The van der Waals surface area contributed by atoms with Gasteiger partial charge in [-0.2, -0.15) is 0 Å². The molecule has 4 heteroatoms. The standard InChI is InChI=1S/2C4H9N.HI.U/c2*1-4(2,3)5;;/h2*1-3H3;1H;/q;;;+1/p-1. The summed E-state index contributed by atoms with van der Waals surface area (Å²) in [4.78, 5) is 0. The Balaban J connectivity index is 4.71. The number of hydrogen-bond acceptors (Lipinski definition) is 2. The second kappa shape index (κ2) is 4.75. The third-order valence-electron chi connectivity index (χ3n) is 0.855. The Labute approximate surface area is 93.8 Å². The fraction of sp³-hybridized carbons (Fsp3) is 1.00. The average Bonchev–Trinajstić information content (AvgIpc) is 1.49. The van der Waals surface area contributed by atoms with Gasteiger partial charge in [-0.1, -0.05) is 0 Å². The monoisotopic (exact) mass is 507 g/mol. The normalized spacial score (nSPS) is 15.4. The van der Waals surface area contributed by atoms with E-state index in [0.29, 0.717) is 0 Å². The van der Waals surface area contributed by atoms with E-state index >= 15 is 0 Å². The van der Waals surface area contributed by atoms with Crippen molar-refractivity contribution in [1.29, 1.82) is 0 Å². The van der Waals surface area contributed by atoms with Crippen molar-refractivity contribution in [3.05, 3.63) is 0 Å². The van der Waals surface area contributed by atoms with Crippen molar-refractivity contribution in [3.8, 4) is 0 Å². The van der Waals surface area contributed by atoms with E-state index in [1.165, 1.54) is 0 Å². The van der Waals surface area contributed by atoms with Crippen molar-refractivity contribution >= 4 is 16.8 Å². The Hall–Kier alpha value is 1.38. The van der Waals surface area contributed by atoms with Gasteiger partial charge in [-0.15, -0.1) is 0 Å². The van der Waals surface area contributed by atoms with Gasteiger partial charge in [-0.05, 0) is 0 Å². The molecule has 0 aromatic rings. The van der Waals surface area contributed by atoms with Gasteiger partial charge in [0.25, 0.3) is 0 Å². The molecule has 0 bridgehead atoms. The minimum absolute atomic E-state index is 0.114. The van der Waals surface area contributed by atoms with Crippen LogP contribution in [-0.4, -0.2) is 11.1 Å². The summed E-state index contributed by atoms with van der Waals surface area (Å²) in [5, 5.41) is 0. The Kier molecular flexibility index (Phi) is 5.29. The fourth-order valence-electron chi connectivity index (χ4n) is 0.579. The second-order valence-corrected chi connectivity index (χ2v) is 17.9. The first-order valence-corrected chi connectivity index (χ1v) is 19.4. The minimum atomic E-state index is -2.02. The van der Waals surface area contributed by atoms with E-state index < -0.39 is 21.1 Å². The van der Waals surface area contributed by atoms with Gasteiger partial charge < -0.3 is 0 Å². The molecule has 2 nitrogen and oxygen atoms in total. The van der Waals surface area contributed by atoms with E-state index in [2.05, 4.69) is 58.3 Å². The van der Waals surface area contributed by atoms with Crippen molar-refractivity contribution in [2.45, 2.75) is 52.6 Å². The SMILES string of the molecule is CC(C)(C)[N]=[U]([I])=[N]C(C)(C)C. The summed E-state index contributed by atoms with van der Waals surface area (Å²) in [5.41, 5.74) is 0.227. The van der Waals surface area contributed by atoms with Crippen LogP contribution in [0.2, 0.25) is 0 Å². The maximum atomic E-state index is 4.74. The van der Waals surface area contributed by atoms with Gasteiger partial charge in [0.1, 0.15) is 0 Å². The van der Waals surface area contributed by atoms with Crippen LogP contribution in [0, 0.1) is 21.1 Å². The van der Waals surface area contributed by atoms with Crippen LogP contribution in [0.5, 0.6) is 0 Å². The molecule has 0 rings (SSSR count). The van der Waals surface area contributed by atoms with E-state index in [9.17, 15) is 0 Å². The summed E-state index contributed by atoms with van der Waals surface area (Å²) >= 11 is 0.462. The summed E-state index contributed by atoms with van der Waals surface area (Å²) in [6.07, 6.45) is 0. The van der Waals surface area contributed by atoms with Crippen molar-refractivity contribution in [1.82, 2.24) is 0 Å². The Bertz CT molecular complexity index is 204. The molecule has 0 unspecified atom stereocenters. The molecule has 0 saturated heterocycles. The zero-order valence-corrected chi connectivity index (χ0v) is 15.1. The fourth-order valence-corrected chi connectivity index (χ4v) is 18.9. The molecule has 0 radical (unpaired) electrons. The molecule has 12 heavy (non-hydrogen) atoms. The Morgan fingerprint density at radius 1 is 0.833 bits per heavy atom. The van der Waals surface area contributed by atoms with E-state index in [0.717, 1.165) is 0 Å². The van der Waals surface area contributed by atoms with E-state index in [1.807, 2.05) is 0 Å². The van der Waals surface area contributed by atoms with Crippen molar-refractivity contribution in [2.24, 2.45) is 4.51 Å². The quantitative estimate of drug-likeness (QED) is 0.445. The number of nitrogens with zero attached hydrogens (tertiary/aromatic N) is 2. The van der Waals surface area contributed by atoms with Crippen LogP contribution in [-0.2, 0) is 0 Å². The van der Waals surface area contributed by atoms with Gasteiger partial charge in [0.15, 0.2) is 0 Å². The van der Waals surface area contributed by atoms with Gasteiger partial charge in [-0.25, -0.2) is 0 Å². The van der Waals surface area contributed by atoms with Crippen LogP contribution in [0.1, 0.15) is 41.5 Å². The van der Waals surface area contributed by atoms with E-state index in [-0.39, 0.29) is 11.1 Å². The first-order valence-electron chi connectivity index (χ1n) is 4.08. The van der Waals surface area contributed by atoms with Gasteiger partial charge in [-0.3, -0.25) is 0 Å². The van der Waals surface area contributed by atoms with Crippen LogP contribution in [0.3, 0.4) is 0 Å². The summed E-state index contributed by atoms with van der Waals surface area (Å²) in [7, 11) is 0. The zero-order chi connectivity index (χ0) is 9.99. The molecule has 0 N–H and O–H groups in total. The molecular weight excluding hydrogens is 489 g/mol. The molecule has 0 aliphatic rings. The van der Waals surface area contributed by atoms with Crippen LogP contribution < -0.4 is 0 Å². The summed E-state index contributed by atoms with van der Waals surface area (Å²) in [6, 6.07) is 0. The molecular formula is C8H18IN2U. The van der Waals surface area contributed by atoms with E-state index in [1.54, 1.807) is 0 Å².